The zero-order chi connectivity index (χ0) is 17.6. The van der Waals surface area contributed by atoms with Gasteiger partial charge < -0.3 is 14.8 Å². The molecule has 1 saturated carbocycles. The van der Waals surface area contributed by atoms with Crippen molar-refractivity contribution in [2.75, 3.05) is 26.2 Å². The predicted molar refractivity (Wildman–Crippen MR) is 101 cm³/mol. The molecule has 2 aliphatic heterocycles. The van der Waals surface area contributed by atoms with Gasteiger partial charge >= 0.3 is 0 Å². The number of carbonyl (C=O) groups is 1. The number of aromatic nitrogens is 2. The van der Waals surface area contributed by atoms with Gasteiger partial charge in [-0.2, -0.15) is 0 Å². The van der Waals surface area contributed by atoms with E-state index < -0.39 is 0 Å². The van der Waals surface area contributed by atoms with Gasteiger partial charge in [0.05, 0.1) is 17.6 Å². The van der Waals surface area contributed by atoms with Crippen LogP contribution in [0.4, 0.5) is 0 Å². The third-order valence-corrected chi connectivity index (χ3v) is 7.03. The lowest BCUT2D eigenvalue weighted by molar-refractivity contribution is -0.143. The Bertz CT molecular complexity index is 697. The summed E-state index contributed by atoms with van der Waals surface area (Å²) in [5, 5.41) is 0. The van der Waals surface area contributed by atoms with Gasteiger partial charge in [-0.1, -0.05) is 12.2 Å². The van der Waals surface area contributed by atoms with Crippen LogP contribution in [-0.2, 0) is 16.8 Å². The van der Waals surface area contributed by atoms with Crippen LogP contribution in [0.1, 0.15) is 56.3 Å². The minimum atomic E-state index is -0.157. The van der Waals surface area contributed by atoms with Crippen LogP contribution in [0.2, 0.25) is 0 Å². The molecule has 4 aliphatic rings. The summed E-state index contributed by atoms with van der Waals surface area (Å²) in [6.07, 6.45) is 15.5. The number of nitrogens with one attached hydrogen (secondary N) is 1. The van der Waals surface area contributed by atoms with Crippen LogP contribution in [0.3, 0.4) is 0 Å². The van der Waals surface area contributed by atoms with Crippen LogP contribution in [-0.4, -0.2) is 51.9 Å². The van der Waals surface area contributed by atoms with Crippen molar-refractivity contribution in [1.82, 2.24) is 19.8 Å². The molecule has 1 aromatic rings. The molecule has 1 N–H and O–H groups in total. The first-order chi connectivity index (χ1) is 12.8. The number of imidazole rings is 1. The molecule has 0 radical (unpaired) electrons. The first-order valence-corrected chi connectivity index (χ1v) is 10.5. The van der Waals surface area contributed by atoms with Gasteiger partial charge in [-0.15, -0.1) is 0 Å². The molecule has 0 unspecified atom stereocenters. The second-order valence-electron chi connectivity index (χ2n) is 8.73. The third-order valence-electron chi connectivity index (χ3n) is 7.03. The summed E-state index contributed by atoms with van der Waals surface area (Å²) in [7, 11) is 0. The maximum atomic E-state index is 13.0. The van der Waals surface area contributed by atoms with Gasteiger partial charge in [0.25, 0.3) is 0 Å². The highest BCUT2D eigenvalue weighted by Crippen LogP contribution is 2.45. The number of aromatic amines is 1. The fourth-order valence-corrected chi connectivity index (χ4v) is 5.35. The van der Waals surface area contributed by atoms with Crippen molar-refractivity contribution >= 4 is 5.91 Å². The van der Waals surface area contributed by atoms with Gasteiger partial charge in [-0.05, 0) is 50.9 Å². The van der Waals surface area contributed by atoms with Gasteiger partial charge in [0.2, 0.25) is 5.91 Å². The van der Waals surface area contributed by atoms with E-state index in [9.17, 15) is 4.79 Å². The van der Waals surface area contributed by atoms with E-state index in [2.05, 4.69) is 26.9 Å². The molecule has 5 rings (SSSR count). The van der Waals surface area contributed by atoms with Gasteiger partial charge in [-0.25, -0.2) is 4.98 Å². The first kappa shape index (κ1) is 16.5. The van der Waals surface area contributed by atoms with Crippen molar-refractivity contribution < 1.29 is 4.79 Å². The summed E-state index contributed by atoms with van der Waals surface area (Å²) in [5.41, 5.74) is 2.27. The second kappa shape index (κ2) is 6.52. The molecule has 0 aromatic carbocycles. The smallest absolute Gasteiger partial charge is 0.226 e. The van der Waals surface area contributed by atoms with E-state index >= 15 is 0 Å². The van der Waals surface area contributed by atoms with Crippen LogP contribution in [0, 0.1) is 11.8 Å². The maximum absolute atomic E-state index is 13.0. The second-order valence-corrected chi connectivity index (χ2v) is 8.73. The number of fused-ring (bicyclic) bond motifs is 2. The van der Waals surface area contributed by atoms with Crippen LogP contribution in [0.5, 0.6) is 0 Å². The van der Waals surface area contributed by atoms with Crippen molar-refractivity contribution in [3.63, 3.8) is 0 Å². The lowest BCUT2D eigenvalue weighted by Gasteiger charge is -2.51. The third kappa shape index (κ3) is 2.81. The van der Waals surface area contributed by atoms with E-state index in [0.717, 1.165) is 63.4 Å². The van der Waals surface area contributed by atoms with Gasteiger partial charge in [0.1, 0.15) is 0 Å². The van der Waals surface area contributed by atoms with E-state index in [-0.39, 0.29) is 5.54 Å². The molecule has 0 bridgehead atoms. The Morgan fingerprint density at radius 1 is 1.19 bits per heavy atom. The minimum absolute atomic E-state index is 0.157. The topological polar surface area (TPSA) is 52.2 Å². The Hall–Kier alpha value is -1.62. The number of H-pyrrole nitrogens is 1. The number of piperidine rings is 1. The molecule has 1 atom stereocenters. The highest BCUT2D eigenvalue weighted by molar-refractivity contribution is 5.82. The first-order valence-electron chi connectivity index (χ1n) is 10.5. The Balaban J connectivity index is 1.34. The summed E-state index contributed by atoms with van der Waals surface area (Å²) in [5.74, 6) is 1.49. The maximum Gasteiger partial charge on any atom is 0.226 e. The Morgan fingerprint density at radius 2 is 2.04 bits per heavy atom. The molecule has 1 spiro atoms. The average Bonchev–Trinajstić information content (AvgIpc) is 3.41. The molecule has 1 amide bonds. The lowest BCUT2D eigenvalue weighted by atomic mass is 9.78. The highest BCUT2D eigenvalue weighted by Gasteiger charge is 2.50. The fraction of sp³-hybridized carbons (Fsp3) is 0.714. The van der Waals surface area contributed by atoms with Crippen molar-refractivity contribution in [3.05, 3.63) is 29.9 Å². The van der Waals surface area contributed by atoms with Gasteiger partial charge in [0, 0.05) is 44.2 Å². The predicted octanol–water partition coefficient (Wildman–Crippen LogP) is 2.85. The Morgan fingerprint density at radius 3 is 2.77 bits per heavy atom. The zero-order valence-corrected chi connectivity index (χ0v) is 15.6. The number of hydrogen-bond acceptors (Lipinski definition) is 3. The largest absolute Gasteiger partial charge is 0.348 e. The van der Waals surface area contributed by atoms with E-state index in [1.165, 1.54) is 31.5 Å². The molecule has 1 aromatic heterocycles. The molecule has 26 heavy (non-hydrogen) atoms. The number of hydrogen-bond donors (Lipinski definition) is 1. The van der Waals surface area contributed by atoms with Crippen LogP contribution in [0.15, 0.2) is 18.5 Å². The summed E-state index contributed by atoms with van der Waals surface area (Å²) in [6, 6.07) is 0. The number of nitrogens with zero attached hydrogens (tertiary/aromatic N) is 3. The van der Waals surface area contributed by atoms with E-state index in [1.807, 2.05) is 6.33 Å². The van der Waals surface area contributed by atoms with Crippen LogP contribution >= 0.6 is 0 Å². The molecule has 2 fully saturated rings. The van der Waals surface area contributed by atoms with Crippen LogP contribution < -0.4 is 0 Å². The SMILES string of the molecule is O=C(C1CC1)N1CCc2[nH]cnc2C12CCN(C[C@H]1CC=CCC1)CC2. The molecule has 1 saturated heterocycles. The Labute approximate surface area is 155 Å². The summed E-state index contributed by atoms with van der Waals surface area (Å²) >= 11 is 0. The molecule has 3 heterocycles. The van der Waals surface area contributed by atoms with E-state index in [1.54, 1.807) is 0 Å². The van der Waals surface area contributed by atoms with Gasteiger partial charge in [0.15, 0.2) is 0 Å². The minimum Gasteiger partial charge on any atom is -0.348 e. The lowest BCUT2D eigenvalue weighted by Crippen LogP contribution is -2.59. The fourth-order valence-electron chi connectivity index (χ4n) is 5.35. The van der Waals surface area contributed by atoms with Crippen molar-refractivity contribution in [3.8, 4) is 0 Å². The molecule has 5 nitrogen and oxygen atoms in total. The van der Waals surface area contributed by atoms with Crippen molar-refractivity contribution in [1.29, 1.82) is 0 Å². The van der Waals surface area contributed by atoms with Crippen LogP contribution in [0.25, 0.3) is 0 Å². The quantitative estimate of drug-likeness (QED) is 0.849. The summed E-state index contributed by atoms with van der Waals surface area (Å²) < 4.78 is 0. The Kier molecular flexibility index (Phi) is 4.15. The molecular formula is C21H30N4O. The summed E-state index contributed by atoms with van der Waals surface area (Å²) in [4.78, 5) is 25.9. The number of likely N-dealkylation sites (tertiary alicyclic amines) is 1. The van der Waals surface area contributed by atoms with Crippen molar-refractivity contribution in [2.24, 2.45) is 11.8 Å². The number of carbonyl (C=O) groups excluding carboxylic acids is 1. The molecule has 2 aliphatic carbocycles. The highest BCUT2D eigenvalue weighted by atomic mass is 16.2. The average molecular weight is 354 g/mol. The van der Waals surface area contributed by atoms with E-state index in [0.29, 0.717) is 11.8 Å². The zero-order valence-electron chi connectivity index (χ0n) is 15.6. The van der Waals surface area contributed by atoms with E-state index in [4.69, 9.17) is 4.98 Å². The molecule has 140 valence electrons. The van der Waals surface area contributed by atoms with Gasteiger partial charge in [-0.3, -0.25) is 4.79 Å². The standard InChI is InChI=1S/C21H30N4O/c26-20(17-6-7-17)25-11-8-18-19(23-15-22-18)21(25)9-12-24(13-10-21)14-16-4-2-1-3-5-16/h1-2,15-17H,3-14H2,(H,22,23)/t16-/m0/s1. The molecule has 5 heteroatoms. The summed E-state index contributed by atoms with van der Waals surface area (Å²) in [6.45, 7) is 4.24. The normalized spacial score (nSPS) is 28.3. The number of allylic oxidation sites excluding steroid dienone is 2. The molecular weight excluding hydrogens is 324 g/mol. The van der Waals surface area contributed by atoms with Crippen molar-refractivity contribution in [2.45, 2.75) is 56.9 Å². The monoisotopic (exact) mass is 354 g/mol. The number of rotatable bonds is 3. The number of amides is 1.